The Morgan fingerprint density at radius 1 is 1.32 bits per heavy atom. The smallest absolute Gasteiger partial charge is 0.277 e. The Hall–Kier alpha value is -2.58. The molecular weight excluding hydrogens is 377 g/mol. The third-order valence-corrected chi connectivity index (χ3v) is 5.74. The SMILES string of the molecule is CC1CCN(Cc2csc(NC(=O)c3ccn(-c4cccc(F)c4)n3)n2)CC1. The summed E-state index contributed by atoms with van der Waals surface area (Å²) in [5.41, 5.74) is 1.79. The number of halogens is 1. The number of benzene rings is 1. The maximum atomic E-state index is 13.4. The van der Waals surface area contributed by atoms with Crippen molar-refractivity contribution in [1.29, 1.82) is 0 Å². The van der Waals surface area contributed by atoms with E-state index in [4.69, 9.17) is 0 Å². The van der Waals surface area contributed by atoms with Gasteiger partial charge in [-0.15, -0.1) is 11.3 Å². The lowest BCUT2D eigenvalue weighted by Gasteiger charge is -2.29. The monoisotopic (exact) mass is 399 g/mol. The Balaban J connectivity index is 1.37. The Morgan fingerprint density at radius 3 is 2.93 bits per heavy atom. The number of carbonyl (C=O) groups excluding carboxylic acids is 1. The number of likely N-dealkylation sites (tertiary alicyclic amines) is 1. The minimum absolute atomic E-state index is 0.256. The van der Waals surface area contributed by atoms with Crippen LogP contribution in [-0.2, 0) is 6.54 Å². The lowest BCUT2D eigenvalue weighted by Crippen LogP contribution is -2.32. The van der Waals surface area contributed by atoms with E-state index >= 15 is 0 Å². The highest BCUT2D eigenvalue weighted by Crippen LogP contribution is 2.21. The molecule has 8 heteroatoms. The van der Waals surface area contributed by atoms with E-state index in [0.717, 1.165) is 31.2 Å². The fraction of sp³-hybridized carbons (Fsp3) is 0.350. The largest absolute Gasteiger partial charge is 0.297 e. The van der Waals surface area contributed by atoms with Crippen molar-refractivity contribution in [3.63, 3.8) is 0 Å². The van der Waals surface area contributed by atoms with Crippen LogP contribution in [0.3, 0.4) is 0 Å². The van der Waals surface area contributed by atoms with Crippen LogP contribution in [0.1, 0.15) is 35.9 Å². The summed E-state index contributed by atoms with van der Waals surface area (Å²) < 4.78 is 14.8. The molecule has 1 amide bonds. The number of piperidine rings is 1. The van der Waals surface area contributed by atoms with E-state index in [1.165, 1.54) is 41.0 Å². The summed E-state index contributed by atoms with van der Waals surface area (Å²) in [6.07, 6.45) is 4.08. The normalized spacial score (nSPS) is 15.6. The van der Waals surface area contributed by atoms with Gasteiger partial charge in [-0.05, 0) is 56.1 Å². The zero-order valence-electron chi connectivity index (χ0n) is 15.6. The van der Waals surface area contributed by atoms with Gasteiger partial charge in [-0.1, -0.05) is 13.0 Å². The molecule has 2 aromatic heterocycles. The number of hydrogen-bond acceptors (Lipinski definition) is 5. The van der Waals surface area contributed by atoms with Crippen molar-refractivity contribution in [2.45, 2.75) is 26.3 Å². The van der Waals surface area contributed by atoms with E-state index < -0.39 is 0 Å². The number of carbonyl (C=O) groups is 1. The number of hydrogen-bond donors (Lipinski definition) is 1. The Labute approximate surface area is 167 Å². The van der Waals surface area contributed by atoms with Crippen LogP contribution in [0.2, 0.25) is 0 Å². The molecule has 0 saturated carbocycles. The Bertz CT molecular complexity index is 961. The molecule has 0 aliphatic carbocycles. The number of nitrogens with zero attached hydrogens (tertiary/aromatic N) is 4. The number of thiazole rings is 1. The van der Waals surface area contributed by atoms with Crippen LogP contribution in [0.4, 0.5) is 9.52 Å². The van der Waals surface area contributed by atoms with Gasteiger partial charge in [0.2, 0.25) is 0 Å². The molecule has 6 nitrogen and oxygen atoms in total. The first-order valence-electron chi connectivity index (χ1n) is 9.36. The Kier molecular flexibility index (Phi) is 5.50. The minimum Gasteiger partial charge on any atom is -0.297 e. The molecule has 0 radical (unpaired) electrons. The van der Waals surface area contributed by atoms with Gasteiger partial charge in [0.15, 0.2) is 10.8 Å². The zero-order valence-corrected chi connectivity index (χ0v) is 16.5. The minimum atomic E-state index is -0.350. The van der Waals surface area contributed by atoms with E-state index in [0.29, 0.717) is 10.8 Å². The molecule has 1 aromatic carbocycles. The van der Waals surface area contributed by atoms with Crippen molar-refractivity contribution in [1.82, 2.24) is 19.7 Å². The first kappa shape index (κ1) is 18.8. The molecule has 1 aliphatic heterocycles. The fourth-order valence-electron chi connectivity index (χ4n) is 3.25. The average Bonchev–Trinajstić information content (AvgIpc) is 3.33. The summed E-state index contributed by atoms with van der Waals surface area (Å²) in [4.78, 5) is 19.4. The topological polar surface area (TPSA) is 63.1 Å². The molecule has 0 atom stereocenters. The van der Waals surface area contributed by atoms with E-state index in [2.05, 4.69) is 27.2 Å². The quantitative estimate of drug-likeness (QED) is 0.706. The molecule has 4 rings (SSSR count). The van der Waals surface area contributed by atoms with Crippen LogP contribution in [0.25, 0.3) is 5.69 Å². The van der Waals surface area contributed by atoms with Crippen LogP contribution in [0.15, 0.2) is 41.9 Å². The van der Waals surface area contributed by atoms with Gasteiger partial charge in [-0.3, -0.25) is 15.0 Å². The maximum absolute atomic E-state index is 13.4. The summed E-state index contributed by atoms with van der Waals surface area (Å²) in [6, 6.07) is 7.66. The summed E-state index contributed by atoms with van der Waals surface area (Å²) in [7, 11) is 0. The molecule has 1 aliphatic rings. The van der Waals surface area contributed by atoms with Crippen molar-refractivity contribution in [3.8, 4) is 5.69 Å². The lowest BCUT2D eigenvalue weighted by atomic mass is 9.99. The van der Waals surface area contributed by atoms with Gasteiger partial charge in [0.05, 0.1) is 11.4 Å². The van der Waals surface area contributed by atoms with Gasteiger partial charge in [0.25, 0.3) is 5.91 Å². The summed E-state index contributed by atoms with van der Waals surface area (Å²) in [5, 5.41) is 9.58. The molecular formula is C20H22FN5OS. The van der Waals surface area contributed by atoms with Crippen molar-refractivity contribution in [2.24, 2.45) is 5.92 Å². The lowest BCUT2D eigenvalue weighted by molar-refractivity contribution is 0.102. The van der Waals surface area contributed by atoms with Crippen LogP contribution >= 0.6 is 11.3 Å². The molecule has 1 N–H and O–H groups in total. The predicted octanol–water partition coefficient (Wildman–Crippen LogP) is 3.95. The van der Waals surface area contributed by atoms with Gasteiger partial charge in [0, 0.05) is 18.1 Å². The summed E-state index contributed by atoms with van der Waals surface area (Å²) in [6.45, 7) is 5.30. The first-order valence-corrected chi connectivity index (χ1v) is 10.2. The van der Waals surface area contributed by atoms with Gasteiger partial charge in [0.1, 0.15) is 5.82 Å². The molecule has 0 spiro atoms. The predicted molar refractivity (Wildman–Crippen MR) is 107 cm³/mol. The van der Waals surface area contributed by atoms with Crippen LogP contribution < -0.4 is 5.32 Å². The van der Waals surface area contributed by atoms with Crippen molar-refractivity contribution in [2.75, 3.05) is 18.4 Å². The second kappa shape index (κ2) is 8.20. The van der Waals surface area contributed by atoms with E-state index in [1.807, 2.05) is 5.38 Å². The number of rotatable bonds is 5. The first-order chi connectivity index (χ1) is 13.6. The third kappa shape index (κ3) is 4.45. The summed E-state index contributed by atoms with van der Waals surface area (Å²) >= 11 is 1.41. The molecule has 1 saturated heterocycles. The van der Waals surface area contributed by atoms with Gasteiger partial charge < -0.3 is 0 Å². The number of nitrogens with one attached hydrogen (secondary N) is 1. The maximum Gasteiger partial charge on any atom is 0.277 e. The number of amides is 1. The van der Waals surface area contributed by atoms with Crippen LogP contribution in [0, 0.1) is 11.7 Å². The zero-order chi connectivity index (χ0) is 19.5. The van der Waals surface area contributed by atoms with E-state index in [1.54, 1.807) is 24.4 Å². The molecule has 28 heavy (non-hydrogen) atoms. The highest BCUT2D eigenvalue weighted by Gasteiger charge is 2.18. The molecule has 3 heterocycles. The second-order valence-electron chi connectivity index (χ2n) is 7.18. The fourth-order valence-corrected chi connectivity index (χ4v) is 3.95. The van der Waals surface area contributed by atoms with Crippen LogP contribution in [-0.4, -0.2) is 38.7 Å². The Morgan fingerprint density at radius 2 is 2.14 bits per heavy atom. The van der Waals surface area contributed by atoms with E-state index in [-0.39, 0.29) is 17.4 Å². The van der Waals surface area contributed by atoms with Crippen molar-refractivity contribution < 1.29 is 9.18 Å². The average molecular weight is 399 g/mol. The highest BCUT2D eigenvalue weighted by molar-refractivity contribution is 7.13. The summed E-state index contributed by atoms with van der Waals surface area (Å²) in [5.74, 6) is 0.119. The van der Waals surface area contributed by atoms with Crippen LogP contribution in [0.5, 0.6) is 0 Å². The van der Waals surface area contributed by atoms with Gasteiger partial charge >= 0.3 is 0 Å². The third-order valence-electron chi connectivity index (χ3n) is 4.93. The van der Waals surface area contributed by atoms with Gasteiger partial charge in [-0.25, -0.2) is 14.1 Å². The second-order valence-corrected chi connectivity index (χ2v) is 8.04. The number of aromatic nitrogens is 3. The van der Waals surface area contributed by atoms with Crippen molar-refractivity contribution in [3.05, 3.63) is 59.1 Å². The molecule has 3 aromatic rings. The van der Waals surface area contributed by atoms with Gasteiger partial charge in [-0.2, -0.15) is 5.10 Å². The van der Waals surface area contributed by atoms with E-state index in [9.17, 15) is 9.18 Å². The van der Waals surface area contributed by atoms with Crippen molar-refractivity contribution >= 4 is 22.4 Å². The standard InChI is InChI=1S/C20H22FN5OS/c1-14-5-8-25(9-6-14)12-16-13-28-20(22-16)23-19(27)18-7-10-26(24-18)17-4-2-3-15(21)11-17/h2-4,7,10-11,13-14H,5-6,8-9,12H2,1H3,(H,22,23,27). The molecule has 0 unspecified atom stereocenters. The number of anilines is 1. The highest BCUT2D eigenvalue weighted by atomic mass is 32.1. The molecule has 146 valence electrons. The molecule has 1 fully saturated rings. The molecule has 0 bridgehead atoms.